The van der Waals surface area contributed by atoms with E-state index < -0.39 is 24.2 Å². The molecule has 0 spiro atoms. The minimum Gasteiger partial charge on any atom is -0.362 e. The fraction of sp³-hybridized carbons (Fsp3) is 0.524. The molecule has 0 radical (unpaired) electrons. The Morgan fingerprint density at radius 3 is 2.68 bits per heavy atom. The number of anilines is 1. The van der Waals surface area contributed by atoms with Crippen molar-refractivity contribution < 1.29 is 18.0 Å². The predicted molar refractivity (Wildman–Crippen MR) is 110 cm³/mol. The molecule has 0 saturated carbocycles. The minimum atomic E-state index is -4.52. The average Bonchev–Trinajstić information content (AvgIpc) is 3.36. The summed E-state index contributed by atoms with van der Waals surface area (Å²) in [5.74, 6) is -0.357. The molecule has 5 rings (SSSR count). The first-order valence-corrected chi connectivity index (χ1v) is 10.9. The van der Waals surface area contributed by atoms with E-state index in [2.05, 4.69) is 15.3 Å². The highest BCUT2D eigenvalue weighted by Gasteiger charge is 2.48. The zero-order chi connectivity index (χ0) is 21.8. The Hall–Kier alpha value is -2.26. The number of nitrogens with one attached hydrogen (secondary N) is 1. The van der Waals surface area contributed by atoms with Gasteiger partial charge in [0.2, 0.25) is 0 Å². The largest absolute Gasteiger partial charge is 0.410 e. The normalized spacial score (nSPS) is 26.3. The summed E-state index contributed by atoms with van der Waals surface area (Å²) in [6.07, 6.45) is -2.63. The average molecular weight is 454 g/mol. The first-order valence-electron chi connectivity index (χ1n) is 10.5. The van der Waals surface area contributed by atoms with Crippen molar-refractivity contribution in [3.8, 4) is 0 Å². The van der Waals surface area contributed by atoms with E-state index in [1.165, 1.54) is 0 Å². The first-order chi connectivity index (χ1) is 14.8. The molecule has 6 nitrogen and oxygen atoms in total. The Kier molecular flexibility index (Phi) is 5.13. The highest BCUT2D eigenvalue weighted by atomic mass is 35.5. The molecule has 3 aliphatic heterocycles. The molecule has 3 atom stereocenters. The number of piperazine rings is 1. The molecule has 1 N–H and O–H groups in total. The molecule has 2 saturated heterocycles. The second kappa shape index (κ2) is 7.70. The summed E-state index contributed by atoms with van der Waals surface area (Å²) >= 11 is 6.46. The Balaban J connectivity index is 1.47. The van der Waals surface area contributed by atoms with E-state index in [0.29, 0.717) is 19.1 Å². The second-order valence-electron chi connectivity index (χ2n) is 8.44. The Bertz CT molecular complexity index is 979. The van der Waals surface area contributed by atoms with Crippen LogP contribution in [0.15, 0.2) is 30.3 Å². The molecule has 1 aromatic carbocycles. The summed E-state index contributed by atoms with van der Waals surface area (Å²) in [5.41, 5.74) is 0.615. The van der Waals surface area contributed by atoms with Gasteiger partial charge in [0.25, 0.3) is 5.91 Å². The molecule has 10 heteroatoms. The van der Waals surface area contributed by atoms with E-state index in [4.69, 9.17) is 11.6 Å². The number of amides is 1. The van der Waals surface area contributed by atoms with Crippen LogP contribution in [0.1, 0.15) is 47.4 Å². The molecule has 2 fully saturated rings. The molecule has 0 aliphatic carbocycles. The van der Waals surface area contributed by atoms with E-state index >= 15 is 0 Å². The Morgan fingerprint density at radius 1 is 1.16 bits per heavy atom. The maximum absolute atomic E-state index is 13.9. The lowest BCUT2D eigenvalue weighted by Gasteiger charge is -2.37. The van der Waals surface area contributed by atoms with Gasteiger partial charge in [-0.25, -0.2) is 4.68 Å². The number of alkyl halides is 3. The number of aromatic nitrogens is 2. The van der Waals surface area contributed by atoms with E-state index in [0.717, 1.165) is 36.2 Å². The van der Waals surface area contributed by atoms with Gasteiger partial charge in [0.15, 0.2) is 11.7 Å². The highest BCUT2D eigenvalue weighted by Crippen LogP contribution is 2.46. The molecule has 1 aromatic heterocycles. The van der Waals surface area contributed by atoms with Crippen LogP contribution in [0, 0.1) is 0 Å². The van der Waals surface area contributed by atoms with Gasteiger partial charge in [-0.1, -0.05) is 41.9 Å². The molecule has 4 heterocycles. The third-order valence-electron chi connectivity index (χ3n) is 6.57. The number of rotatable bonds is 2. The number of carbonyl (C=O) groups excluding carboxylic acids is 1. The van der Waals surface area contributed by atoms with Crippen LogP contribution >= 0.6 is 11.6 Å². The van der Waals surface area contributed by atoms with Gasteiger partial charge in [-0.15, -0.1) is 0 Å². The van der Waals surface area contributed by atoms with E-state index in [1.807, 2.05) is 6.07 Å². The quantitative estimate of drug-likeness (QED) is 0.743. The SMILES string of the molecule is O=C(c1nn2c(c1Cl)N[C@H](c1ccccc1)C[C@H]2C(F)(F)F)N1CCN2CCC[C@H]2C1. The smallest absolute Gasteiger partial charge is 0.362 e. The summed E-state index contributed by atoms with van der Waals surface area (Å²) < 4.78 is 42.6. The van der Waals surface area contributed by atoms with Crippen LogP contribution in [0.25, 0.3) is 0 Å². The molecule has 166 valence electrons. The summed E-state index contributed by atoms with van der Waals surface area (Å²) in [6, 6.07) is 6.79. The van der Waals surface area contributed by atoms with Gasteiger partial charge < -0.3 is 10.2 Å². The van der Waals surface area contributed by atoms with E-state index in [-0.39, 0.29) is 23.0 Å². The zero-order valence-electron chi connectivity index (χ0n) is 16.8. The summed E-state index contributed by atoms with van der Waals surface area (Å²) in [5, 5.41) is 7.13. The standard InChI is InChI=1S/C21H23ClF3N5O/c22-17-18(20(31)29-10-9-28-8-4-7-14(28)12-29)27-30-16(21(23,24)25)11-15(26-19(17)30)13-5-2-1-3-6-13/h1-3,5-6,14-16,26H,4,7-12H2/t14-,15-,16-/m0/s1. The first kappa shape index (κ1) is 20.6. The van der Waals surface area contributed by atoms with Crippen molar-refractivity contribution in [1.82, 2.24) is 19.6 Å². The van der Waals surface area contributed by atoms with Gasteiger partial charge in [0.1, 0.15) is 10.8 Å². The lowest BCUT2D eigenvalue weighted by molar-refractivity contribution is -0.173. The fourth-order valence-corrected chi connectivity index (χ4v) is 5.22. The summed E-state index contributed by atoms with van der Waals surface area (Å²) in [7, 11) is 0. The number of hydrogen-bond acceptors (Lipinski definition) is 4. The van der Waals surface area contributed by atoms with Crippen LogP contribution in [0.4, 0.5) is 19.0 Å². The fourth-order valence-electron chi connectivity index (χ4n) is 4.96. The van der Waals surface area contributed by atoms with Crippen LogP contribution in [-0.4, -0.2) is 63.9 Å². The van der Waals surface area contributed by atoms with Crippen LogP contribution < -0.4 is 5.32 Å². The molecule has 0 bridgehead atoms. The highest BCUT2D eigenvalue weighted by molar-refractivity contribution is 6.36. The van der Waals surface area contributed by atoms with Crippen molar-refractivity contribution >= 4 is 23.3 Å². The number of carbonyl (C=O) groups is 1. The van der Waals surface area contributed by atoms with E-state index in [9.17, 15) is 18.0 Å². The molecule has 1 amide bonds. The summed E-state index contributed by atoms with van der Waals surface area (Å²) in [4.78, 5) is 17.2. The van der Waals surface area contributed by atoms with Crippen LogP contribution in [0.2, 0.25) is 5.02 Å². The molecule has 2 aromatic rings. The maximum atomic E-state index is 13.9. The lowest BCUT2D eigenvalue weighted by Crippen LogP contribution is -2.52. The van der Waals surface area contributed by atoms with Gasteiger partial charge in [0, 0.05) is 32.1 Å². The Labute approximate surface area is 182 Å². The van der Waals surface area contributed by atoms with Gasteiger partial charge in [-0.2, -0.15) is 18.3 Å². The van der Waals surface area contributed by atoms with Crippen molar-refractivity contribution in [3.63, 3.8) is 0 Å². The third kappa shape index (κ3) is 3.67. The predicted octanol–water partition coefficient (Wildman–Crippen LogP) is 4.12. The molecule has 3 aliphatic rings. The lowest BCUT2D eigenvalue weighted by atomic mass is 9.97. The summed E-state index contributed by atoms with van der Waals surface area (Å²) in [6.45, 7) is 2.88. The molecule has 31 heavy (non-hydrogen) atoms. The molecular weight excluding hydrogens is 431 g/mol. The van der Waals surface area contributed by atoms with Gasteiger partial charge >= 0.3 is 6.18 Å². The van der Waals surface area contributed by atoms with Gasteiger partial charge in [0.05, 0.1) is 6.04 Å². The van der Waals surface area contributed by atoms with Crippen molar-refractivity contribution in [1.29, 1.82) is 0 Å². The van der Waals surface area contributed by atoms with Gasteiger partial charge in [-0.3, -0.25) is 9.69 Å². The van der Waals surface area contributed by atoms with Crippen molar-refractivity contribution in [3.05, 3.63) is 46.6 Å². The monoisotopic (exact) mass is 453 g/mol. The van der Waals surface area contributed by atoms with Crippen molar-refractivity contribution in [2.24, 2.45) is 0 Å². The topological polar surface area (TPSA) is 53.4 Å². The van der Waals surface area contributed by atoms with Gasteiger partial charge in [-0.05, 0) is 24.9 Å². The van der Waals surface area contributed by atoms with Crippen LogP contribution in [0.5, 0.6) is 0 Å². The third-order valence-corrected chi connectivity index (χ3v) is 6.93. The minimum absolute atomic E-state index is 0.0475. The second-order valence-corrected chi connectivity index (χ2v) is 8.82. The molecule has 0 unspecified atom stereocenters. The van der Waals surface area contributed by atoms with E-state index in [1.54, 1.807) is 29.2 Å². The number of nitrogens with zero attached hydrogens (tertiary/aromatic N) is 4. The van der Waals surface area contributed by atoms with Crippen LogP contribution in [-0.2, 0) is 0 Å². The van der Waals surface area contributed by atoms with Crippen LogP contribution in [0.3, 0.4) is 0 Å². The number of benzene rings is 1. The Morgan fingerprint density at radius 2 is 1.94 bits per heavy atom. The maximum Gasteiger partial charge on any atom is 0.410 e. The van der Waals surface area contributed by atoms with Crippen molar-refractivity contribution in [2.75, 3.05) is 31.5 Å². The number of hydrogen-bond donors (Lipinski definition) is 1. The number of halogens is 4. The van der Waals surface area contributed by atoms with Crippen molar-refractivity contribution in [2.45, 2.75) is 43.6 Å². The zero-order valence-corrected chi connectivity index (χ0v) is 17.5. The molecular formula is C21H23ClF3N5O. The number of fused-ring (bicyclic) bond motifs is 2.